The number of rotatable bonds is 4. The van der Waals surface area contributed by atoms with Crippen LogP contribution in [0.2, 0.25) is 0 Å². The summed E-state index contributed by atoms with van der Waals surface area (Å²) in [5, 5.41) is 0. The molecule has 2 aliphatic rings. The number of amides is 1. The normalized spacial score (nSPS) is 35.7. The largest absolute Gasteiger partial charge is 0.379 e. The van der Waals surface area contributed by atoms with Gasteiger partial charge in [-0.1, -0.05) is 0 Å². The minimum Gasteiger partial charge on any atom is -0.379 e. The molecule has 0 radical (unpaired) electrons. The zero-order valence-electron chi connectivity index (χ0n) is 8.61. The van der Waals surface area contributed by atoms with E-state index in [9.17, 15) is 4.79 Å². The van der Waals surface area contributed by atoms with Crippen molar-refractivity contribution in [3.63, 3.8) is 0 Å². The molecule has 0 aromatic rings. The lowest BCUT2D eigenvalue weighted by Gasteiger charge is -2.32. The summed E-state index contributed by atoms with van der Waals surface area (Å²) in [5.74, 6) is 0.541. The van der Waals surface area contributed by atoms with Gasteiger partial charge >= 0.3 is 0 Å². The molecule has 1 saturated carbocycles. The second-order valence-corrected chi connectivity index (χ2v) is 4.18. The number of carbonyl (C=O) groups is 1. The second kappa shape index (κ2) is 3.87. The molecular formula is C10H18N2O2. The van der Waals surface area contributed by atoms with Gasteiger partial charge < -0.3 is 15.4 Å². The third-order valence-corrected chi connectivity index (χ3v) is 3.41. The lowest BCUT2D eigenvalue weighted by Crippen LogP contribution is -2.46. The number of nitrogens with zero attached hydrogens (tertiary/aromatic N) is 1. The van der Waals surface area contributed by atoms with Crippen LogP contribution in [-0.4, -0.2) is 43.2 Å². The van der Waals surface area contributed by atoms with Gasteiger partial charge in [0, 0.05) is 19.6 Å². The number of methoxy groups -OCH3 is 1. The molecule has 0 spiro atoms. The van der Waals surface area contributed by atoms with E-state index in [0.717, 1.165) is 25.8 Å². The van der Waals surface area contributed by atoms with Crippen molar-refractivity contribution in [1.29, 1.82) is 0 Å². The Labute approximate surface area is 84.4 Å². The molecule has 1 aliphatic heterocycles. The molecule has 1 aliphatic carbocycles. The van der Waals surface area contributed by atoms with Crippen molar-refractivity contribution in [3.8, 4) is 0 Å². The maximum Gasteiger partial charge on any atom is 0.226 e. The fourth-order valence-corrected chi connectivity index (χ4v) is 2.70. The lowest BCUT2D eigenvalue weighted by atomic mass is 10.1. The van der Waals surface area contributed by atoms with Gasteiger partial charge in [-0.2, -0.15) is 0 Å². The zero-order chi connectivity index (χ0) is 10.1. The van der Waals surface area contributed by atoms with Gasteiger partial charge in [-0.25, -0.2) is 0 Å². The summed E-state index contributed by atoms with van der Waals surface area (Å²) in [7, 11) is 1.73. The summed E-state index contributed by atoms with van der Waals surface area (Å²) >= 11 is 0. The molecule has 1 heterocycles. The van der Waals surface area contributed by atoms with E-state index in [1.807, 2.05) is 4.90 Å². The minimum atomic E-state index is 0.225. The van der Waals surface area contributed by atoms with Gasteiger partial charge in [0.05, 0.1) is 12.1 Å². The van der Waals surface area contributed by atoms with Gasteiger partial charge in [-0.3, -0.25) is 4.79 Å². The third-order valence-electron chi connectivity index (χ3n) is 3.41. The summed E-state index contributed by atoms with van der Waals surface area (Å²) in [4.78, 5) is 13.7. The molecule has 80 valence electrons. The number of ether oxygens (including phenoxy) is 1. The Hall–Kier alpha value is -0.610. The fraction of sp³-hybridized carbons (Fsp3) is 0.900. The Morgan fingerprint density at radius 3 is 2.93 bits per heavy atom. The highest BCUT2D eigenvalue weighted by molar-refractivity contribution is 5.82. The topological polar surface area (TPSA) is 55.6 Å². The van der Waals surface area contributed by atoms with Crippen LogP contribution in [0.15, 0.2) is 0 Å². The van der Waals surface area contributed by atoms with E-state index >= 15 is 0 Å². The number of carbonyl (C=O) groups excluding carboxylic acids is 1. The maximum absolute atomic E-state index is 11.8. The summed E-state index contributed by atoms with van der Waals surface area (Å²) < 4.78 is 5.38. The van der Waals surface area contributed by atoms with Crippen molar-refractivity contribution in [2.45, 2.75) is 31.4 Å². The summed E-state index contributed by atoms with van der Waals surface area (Å²) in [6.45, 7) is 1.45. The van der Waals surface area contributed by atoms with Gasteiger partial charge in [0.2, 0.25) is 5.91 Å². The van der Waals surface area contributed by atoms with E-state index < -0.39 is 0 Å². The van der Waals surface area contributed by atoms with Crippen LogP contribution in [0.25, 0.3) is 0 Å². The number of hydrogen-bond donors (Lipinski definition) is 1. The molecule has 4 heteroatoms. The molecule has 2 fully saturated rings. The van der Waals surface area contributed by atoms with Crippen molar-refractivity contribution in [3.05, 3.63) is 0 Å². The van der Waals surface area contributed by atoms with Gasteiger partial charge in [-0.05, 0) is 25.8 Å². The molecular weight excluding hydrogens is 180 g/mol. The molecule has 2 bridgehead atoms. The predicted molar refractivity (Wildman–Crippen MR) is 52.7 cm³/mol. The highest BCUT2D eigenvalue weighted by Crippen LogP contribution is 2.39. The molecule has 3 atom stereocenters. The van der Waals surface area contributed by atoms with Crippen LogP contribution in [0, 0.1) is 5.92 Å². The van der Waals surface area contributed by atoms with E-state index in [4.69, 9.17) is 10.5 Å². The van der Waals surface area contributed by atoms with E-state index in [2.05, 4.69) is 0 Å². The lowest BCUT2D eigenvalue weighted by molar-refractivity contribution is -0.138. The van der Waals surface area contributed by atoms with Crippen molar-refractivity contribution in [1.82, 2.24) is 4.90 Å². The number of piperidine rings is 1. The Balaban J connectivity index is 1.99. The first-order valence-electron chi connectivity index (χ1n) is 5.31. The summed E-state index contributed by atoms with van der Waals surface area (Å²) in [6.07, 6.45) is 3.06. The fourth-order valence-electron chi connectivity index (χ4n) is 2.70. The molecule has 2 rings (SSSR count). The van der Waals surface area contributed by atoms with Crippen LogP contribution in [0.3, 0.4) is 0 Å². The monoisotopic (exact) mass is 198 g/mol. The van der Waals surface area contributed by atoms with Crippen LogP contribution in [-0.2, 0) is 9.53 Å². The Morgan fingerprint density at radius 1 is 1.57 bits per heavy atom. The molecule has 14 heavy (non-hydrogen) atoms. The van der Waals surface area contributed by atoms with E-state index in [0.29, 0.717) is 18.5 Å². The second-order valence-electron chi connectivity index (χ2n) is 4.18. The zero-order valence-corrected chi connectivity index (χ0v) is 8.61. The van der Waals surface area contributed by atoms with Crippen LogP contribution >= 0.6 is 0 Å². The first kappa shape index (κ1) is 9.93. The van der Waals surface area contributed by atoms with Gasteiger partial charge in [-0.15, -0.1) is 0 Å². The number of likely N-dealkylation sites (tertiary alicyclic amines) is 1. The van der Waals surface area contributed by atoms with Crippen LogP contribution in [0.4, 0.5) is 0 Å². The predicted octanol–water partition coefficient (Wildman–Crippen LogP) is -0.0290. The van der Waals surface area contributed by atoms with Gasteiger partial charge in [0.25, 0.3) is 0 Å². The van der Waals surface area contributed by atoms with Gasteiger partial charge in [0.1, 0.15) is 0 Å². The number of nitrogens with two attached hydrogens (primary N) is 1. The standard InChI is InChI=1S/C10H18N2O2/c1-14-9-6-7-5-8(9)12(10(7)13)4-2-3-11/h7-9H,2-6,11H2,1H3/t7-,8+,9-/m1/s1. The Kier molecular flexibility index (Phi) is 2.74. The highest BCUT2D eigenvalue weighted by Gasteiger charge is 2.50. The van der Waals surface area contributed by atoms with E-state index in [1.165, 1.54) is 0 Å². The van der Waals surface area contributed by atoms with Crippen molar-refractivity contribution < 1.29 is 9.53 Å². The van der Waals surface area contributed by atoms with E-state index in [-0.39, 0.29) is 12.0 Å². The summed E-state index contributed by atoms with van der Waals surface area (Å²) in [5.41, 5.74) is 5.45. The Bertz CT molecular complexity index is 232. The molecule has 1 saturated heterocycles. The van der Waals surface area contributed by atoms with Gasteiger partial charge in [0.15, 0.2) is 0 Å². The smallest absolute Gasteiger partial charge is 0.226 e. The molecule has 1 amide bonds. The quantitative estimate of drug-likeness (QED) is 0.690. The molecule has 2 N–H and O–H groups in total. The van der Waals surface area contributed by atoms with Crippen molar-refractivity contribution in [2.75, 3.05) is 20.2 Å². The molecule has 0 aromatic heterocycles. The maximum atomic E-state index is 11.8. The van der Waals surface area contributed by atoms with Crippen molar-refractivity contribution >= 4 is 5.91 Å². The minimum absolute atomic E-state index is 0.225. The average molecular weight is 198 g/mol. The first-order chi connectivity index (χ1) is 6.77. The van der Waals surface area contributed by atoms with Crippen molar-refractivity contribution in [2.24, 2.45) is 11.7 Å². The van der Waals surface area contributed by atoms with Crippen LogP contribution in [0.5, 0.6) is 0 Å². The number of fused-ring (bicyclic) bond motifs is 2. The average Bonchev–Trinajstić information content (AvgIpc) is 2.73. The highest BCUT2D eigenvalue weighted by atomic mass is 16.5. The van der Waals surface area contributed by atoms with E-state index in [1.54, 1.807) is 7.11 Å². The Morgan fingerprint density at radius 2 is 2.36 bits per heavy atom. The molecule has 4 nitrogen and oxygen atoms in total. The molecule has 0 aromatic carbocycles. The van der Waals surface area contributed by atoms with Crippen LogP contribution < -0.4 is 5.73 Å². The number of hydrogen-bond acceptors (Lipinski definition) is 3. The summed E-state index contributed by atoms with van der Waals surface area (Å²) in [6, 6.07) is 0.323. The SMILES string of the molecule is CO[C@@H]1C[C@H]2C[C@@H]1N(CCCN)C2=O. The third kappa shape index (κ3) is 1.42. The van der Waals surface area contributed by atoms with Crippen LogP contribution in [0.1, 0.15) is 19.3 Å². The molecule has 0 unspecified atom stereocenters. The first-order valence-corrected chi connectivity index (χ1v) is 5.31.